The molecular formula is C21H34F3N5O2. The molecule has 0 radical (unpaired) electrons. The summed E-state index contributed by atoms with van der Waals surface area (Å²) in [4.78, 5) is 26.8. The van der Waals surface area contributed by atoms with E-state index in [2.05, 4.69) is 22.0 Å². The van der Waals surface area contributed by atoms with Gasteiger partial charge in [-0.05, 0) is 44.1 Å². The second-order valence-corrected chi connectivity index (χ2v) is 9.19. The molecule has 2 saturated heterocycles. The number of rotatable bonds is 9. The maximum Gasteiger partial charge on any atom is 0.401 e. The lowest BCUT2D eigenvalue weighted by atomic mass is 9.90. The van der Waals surface area contributed by atoms with Crippen LogP contribution in [0.15, 0.2) is 0 Å². The van der Waals surface area contributed by atoms with Gasteiger partial charge in [-0.25, -0.2) is 0 Å². The standard InChI is InChI=1S/C21H34F3N5O2/c1-13(2)17(27-12-21(22,23)24)11-29-7-5-14(3)8-18(29)20(31)28-16(10-25)9-15-4-6-26-19(15)30/h13-18,27H,4-9,11-12H2,1-3H3,(H,26,30)(H,28,31)/t14-,15+,16?,17?,18+/m1/s1. The molecule has 2 fully saturated rings. The van der Waals surface area contributed by atoms with Gasteiger partial charge in [0.05, 0.1) is 18.7 Å². The maximum absolute atomic E-state index is 13.0. The minimum atomic E-state index is -4.30. The summed E-state index contributed by atoms with van der Waals surface area (Å²) in [5.41, 5.74) is 0. The van der Waals surface area contributed by atoms with Crippen molar-refractivity contribution in [2.75, 3.05) is 26.2 Å². The highest BCUT2D eigenvalue weighted by Crippen LogP contribution is 2.25. The normalized spacial score (nSPS) is 26.9. The zero-order valence-corrected chi connectivity index (χ0v) is 18.5. The van der Waals surface area contributed by atoms with Crippen LogP contribution < -0.4 is 16.0 Å². The third-order valence-electron chi connectivity index (χ3n) is 6.23. The number of alkyl halides is 3. The van der Waals surface area contributed by atoms with Crippen LogP contribution in [0.1, 0.15) is 46.5 Å². The van der Waals surface area contributed by atoms with Crippen LogP contribution in [-0.2, 0) is 9.59 Å². The van der Waals surface area contributed by atoms with E-state index in [1.54, 1.807) is 0 Å². The maximum atomic E-state index is 13.0. The van der Waals surface area contributed by atoms with Crippen molar-refractivity contribution in [3.8, 4) is 6.07 Å². The molecule has 2 heterocycles. The second kappa shape index (κ2) is 11.1. The number of hydrogen-bond acceptors (Lipinski definition) is 5. The molecule has 0 saturated carbocycles. The first-order valence-electron chi connectivity index (χ1n) is 11.0. The number of halogens is 3. The molecule has 2 unspecified atom stereocenters. The first-order chi connectivity index (χ1) is 14.5. The molecule has 176 valence electrons. The van der Waals surface area contributed by atoms with Gasteiger partial charge in [-0.3, -0.25) is 14.5 Å². The number of amides is 2. The molecule has 10 heteroatoms. The van der Waals surface area contributed by atoms with Crippen molar-refractivity contribution in [1.29, 1.82) is 5.26 Å². The van der Waals surface area contributed by atoms with Gasteiger partial charge in [-0.1, -0.05) is 20.8 Å². The fourth-order valence-electron chi connectivity index (χ4n) is 4.26. The third kappa shape index (κ3) is 7.96. The van der Waals surface area contributed by atoms with Gasteiger partial charge in [0.1, 0.15) is 6.04 Å². The van der Waals surface area contributed by atoms with Crippen LogP contribution in [0.2, 0.25) is 0 Å². The Bertz CT molecular complexity index is 664. The summed E-state index contributed by atoms with van der Waals surface area (Å²) in [6, 6.07) is 0.375. The fraction of sp³-hybridized carbons (Fsp3) is 0.857. The second-order valence-electron chi connectivity index (χ2n) is 9.19. The predicted octanol–water partition coefficient (Wildman–Crippen LogP) is 1.80. The van der Waals surface area contributed by atoms with E-state index in [1.807, 2.05) is 25.7 Å². The highest BCUT2D eigenvalue weighted by molar-refractivity contribution is 5.83. The number of carbonyl (C=O) groups is 2. The molecule has 2 rings (SSSR count). The third-order valence-corrected chi connectivity index (χ3v) is 6.23. The molecule has 0 aliphatic carbocycles. The molecule has 31 heavy (non-hydrogen) atoms. The number of nitrogens with zero attached hydrogens (tertiary/aromatic N) is 2. The summed E-state index contributed by atoms with van der Waals surface area (Å²) in [6.07, 6.45) is -1.96. The van der Waals surface area contributed by atoms with E-state index < -0.39 is 30.8 Å². The molecule has 2 aliphatic heterocycles. The first kappa shape index (κ1) is 25.4. The summed E-state index contributed by atoms with van der Waals surface area (Å²) >= 11 is 0. The minimum absolute atomic E-state index is 0.0434. The van der Waals surface area contributed by atoms with Crippen molar-refractivity contribution < 1.29 is 22.8 Å². The Morgan fingerprint density at radius 2 is 2.06 bits per heavy atom. The van der Waals surface area contributed by atoms with E-state index in [4.69, 9.17) is 0 Å². The van der Waals surface area contributed by atoms with Gasteiger partial charge < -0.3 is 16.0 Å². The summed E-state index contributed by atoms with van der Waals surface area (Å²) < 4.78 is 38.1. The van der Waals surface area contributed by atoms with Crippen molar-refractivity contribution >= 4 is 11.8 Å². The molecule has 5 atom stereocenters. The fourth-order valence-corrected chi connectivity index (χ4v) is 4.26. The molecule has 0 bridgehead atoms. The van der Waals surface area contributed by atoms with Gasteiger partial charge in [0, 0.05) is 25.0 Å². The topological polar surface area (TPSA) is 97.3 Å². The van der Waals surface area contributed by atoms with Gasteiger partial charge in [-0.2, -0.15) is 18.4 Å². The Labute approximate surface area is 182 Å². The molecule has 0 aromatic heterocycles. The van der Waals surface area contributed by atoms with Gasteiger partial charge in [-0.15, -0.1) is 0 Å². The average Bonchev–Trinajstić information content (AvgIpc) is 3.08. The highest BCUT2D eigenvalue weighted by atomic mass is 19.4. The number of nitrogens with one attached hydrogen (secondary N) is 3. The van der Waals surface area contributed by atoms with Crippen LogP contribution in [0.3, 0.4) is 0 Å². The van der Waals surface area contributed by atoms with Gasteiger partial charge >= 0.3 is 6.18 Å². The molecule has 0 spiro atoms. The molecule has 2 aliphatic rings. The van der Waals surface area contributed by atoms with Crippen molar-refractivity contribution in [2.24, 2.45) is 17.8 Å². The molecular weight excluding hydrogens is 411 g/mol. The Kier molecular flexibility index (Phi) is 9.13. The quantitative estimate of drug-likeness (QED) is 0.503. The van der Waals surface area contributed by atoms with Crippen molar-refractivity contribution in [3.05, 3.63) is 0 Å². The van der Waals surface area contributed by atoms with Gasteiger partial charge in [0.2, 0.25) is 11.8 Å². The Balaban J connectivity index is 2.02. The van der Waals surface area contributed by atoms with E-state index >= 15 is 0 Å². The minimum Gasteiger partial charge on any atom is -0.356 e. The summed E-state index contributed by atoms with van der Waals surface area (Å²) in [5.74, 6) is -0.428. The largest absolute Gasteiger partial charge is 0.401 e. The zero-order valence-electron chi connectivity index (χ0n) is 18.5. The number of likely N-dealkylation sites (tertiary alicyclic amines) is 1. The average molecular weight is 446 g/mol. The van der Waals surface area contributed by atoms with E-state index in [0.29, 0.717) is 38.4 Å². The summed E-state index contributed by atoms with van der Waals surface area (Å²) in [5, 5.41) is 17.6. The van der Waals surface area contributed by atoms with Crippen molar-refractivity contribution in [2.45, 2.75) is 70.8 Å². The first-order valence-corrected chi connectivity index (χ1v) is 11.0. The van der Waals surface area contributed by atoms with Crippen LogP contribution in [0.4, 0.5) is 13.2 Å². The Morgan fingerprint density at radius 1 is 1.35 bits per heavy atom. The number of hydrogen-bond donors (Lipinski definition) is 3. The van der Waals surface area contributed by atoms with E-state index in [-0.39, 0.29) is 30.1 Å². The SMILES string of the molecule is CC(C)C(CN1CC[C@@H](C)C[C@H]1C(=O)NC(C#N)C[C@@H]1CCNC1=O)NCC(F)(F)F. The molecule has 0 aromatic rings. The van der Waals surface area contributed by atoms with Crippen molar-refractivity contribution in [3.63, 3.8) is 0 Å². The lowest BCUT2D eigenvalue weighted by Crippen LogP contribution is -2.57. The monoisotopic (exact) mass is 445 g/mol. The van der Waals surface area contributed by atoms with Crippen LogP contribution in [0.5, 0.6) is 0 Å². The van der Waals surface area contributed by atoms with Crippen molar-refractivity contribution in [1.82, 2.24) is 20.9 Å². The molecule has 0 aromatic carbocycles. The van der Waals surface area contributed by atoms with Crippen LogP contribution in [0.25, 0.3) is 0 Å². The highest BCUT2D eigenvalue weighted by Gasteiger charge is 2.36. The Morgan fingerprint density at radius 3 is 2.61 bits per heavy atom. The number of piperidine rings is 1. The van der Waals surface area contributed by atoms with Crippen LogP contribution >= 0.6 is 0 Å². The van der Waals surface area contributed by atoms with Gasteiger partial charge in [0.15, 0.2) is 0 Å². The van der Waals surface area contributed by atoms with Gasteiger partial charge in [0.25, 0.3) is 0 Å². The van der Waals surface area contributed by atoms with E-state index in [0.717, 1.165) is 6.42 Å². The van der Waals surface area contributed by atoms with E-state index in [9.17, 15) is 28.0 Å². The number of carbonyl (C=O) groups excluding carboxylic acids is 2. The number of nitriles is 1. The Hall–Kier alpha value is -1.86. The molecule has 3 N–H and O–H groups in total. The summed E-state index contributed by atoms with van der Waals surface area (Å²) in [7, 11) is 0. The smallest absolute Gasteiger partial charge is 0.356 e. The molecule has 7 nitrogen and oxygen atoms in total. The van der Waals surface area contributed by atoms with Crippen LogP contribution in [-0.4, -0.2) is 67.2 Å². The lowest BCUT2D eigenvalue weighted by Gasteiger charge is -2.40. The van der Waals surface area contributed by atoms with E-state index in [1.165, 1.54) is 0 Å². The predicted molar refractivity (Wildman–Crippen MR) is 110 cm³/mol. The molecule has 2 amide bonds. The lowest BCUT2D eigenvalue weighted by molar-refractivity contribution is -0.132. The summed E-state index contributed by atoms with van der Waals surface area (Å²) in [6.45, 7) is 6.19. The van der Waals surface area contributed by atoms with Crippen LogP contribution in [0, 0.1) is 29.1 Å². The zero-order chi connectivity index (χ0) is 23.2.